The monoisotopic (exact) mass is 297 g/mol. The van der Waals surface area contributed by atoms with Gasteiger partial charge in [-0.2, -0.15) is 5.10 Å². The molecule has 0 radical (unpaired) electrons. The number of hydrogen-bond donors (Lipinski definition) is 1. The zero-order valence-corrected chi connectivity index (χ0v) is 12.4. The molecule has 0 aliphatic carbocycles. The number of nitrogens with two attached hydrogens (primary N) is 1. The smallest absolute Gasteiger partial charge is 0.133 e. The molecule has 1 heterocycles. The molecule has 0 fully saturated rings. The highest BCUT2D eigenvalue weighted by atomic mass is 35.5. The Bertz CT molecular complexity index is 625. The Morgan fingerprint density at radius 1 is 1.50 bits per heavy atom. The molecular weight excluding hydrogens is 281 g/mol. The van der Waals surface area contributed by atoms with Crippen molar-refractivity contribution in [1.29, 1.82) is 0 Å². The molecule has 4 nitrogen and oxygen atoms in total. The van der Waals surface area contributed by atoms with Gasteiger partial charge in [0.15, 0.2) is 0 Å². The maximum atomic E-state index is 13.3. The van der Waals surface area contributed by atoms with E-state index in [0.29, 0.717) is 10.9 Å². The number of aryl methyl sites for hydroxylation is 2. The normalized spacial score (nSPS) is 12.5. The average Bonchev–Trinajstić information content (AvgIpc) is 2.61. The molecule has 0 aliphatic heterocycles. The summed E-state index contributed by atoms with van der Waals surface area (Å²) in [6, 6.07) is 4.09. The van der Waals surface area contributed by atoms with E-state index in [1.165, 1.54) is 12.1 Å². The molecule has 0 unspecified atom stereocenters. The fourth-order valence-electron chi connectivity index (χ4n) is 2.00. The van der Waals surface area contributed by atoms with Gasteiger partial charge < -0.3 is 10.5 Å². The lowest BCUT2D eigenvalue weighted by Gasteiger charge is -2.14. The first-order valence-electron chi connectivity index (χ1n) is 6.26. The number of rotatable bonds is 4. The van der Waals surface area contributed by atoms with Crippen LogP contribution in [0.5, 0.6) is 5.75 Å². The van der Waals surface area contributed by atoms with Gasteiger partial charge in [0.1, 0.15) is 23.3 Å². The van der Waals surface area contributed by atoms with Gasteiger partial charge in [0.2, 0.25) is 0 Å². The SMILES string of the molecule is Cc1nn(C)c(Cl)c1COc1cc(F)ccc1[C@@H](C)N. The summed E-state index contributed by atoms with van der Waals surface area (Å²) in [7, 11) is 1.76. The molecule has 1 atom stereocenters. The molecule has 2 aromatic rings. The van der Waals surface area contributed by atoms with Crippen molar-refractivity contribution < 1.29 is 9.13 Å². The van der Waals surface area contributed by atoms with Gasteiger partial charge in [-0.05, 0) is 19.9 Å². The number of benzene rings is 1. The summed E-state index contributed by atoms with van der Waals surface area (Å²) in [5.74, 6) is 0.0673. The molecule has 0 spiro atoms. The summed E-state index contributed by atoms with van der Waals surface area (Å²) in [6.07, 6.45) is 0. The number of halogens is 2. The molecule has 20 heavy (non-hydrogen) atoms. The van der Waals surface area contributed by atoms with Gasteiger partial charge in [0, 0.05) is 30.3 Å². The second-order valence-corrected chi connectivity index (χ2v) is 5.10. The summed E-state index contributed by atoms with van der Waals surface area (Å²) in [6.45, 7) is 3.90. The lowest BCUT2D eigenvalue weighted by atomic mass is 10.1. The van der Waals surface area contributed by atoms with Crippen molar-refractivity contribution in [1.82, 2.24) is 9.78 Å². The third kappa shape index (κ3) is 2.94. The average molecular weight is 298 g/mol. The van der Waals surface area contributed by atoms with Gasteiger partial charge in [-0.25, -0.2) is 4.39 Å². The summed E-state index contributed by atoms with van der Waals surface area (Å²) in [4.78, 5) is 0. The van der Waals surface area contributed by atoms with Crippen molar-refractivity contribution in [3.8, 4) is 5.75 Å². The van der Waals surface area contributed by atoms with E-state index in [2.05, 4.69) is 5.10 Å². The van der Waals surface area contributed by atoms with E-state index in [9.17, 15) is 4.39 Å². The summed E-state index contributed by atoms with van der Waals surface area (Å²) in [5.41, 5.74) is 8.18. The van der Waals surface area contributed by atoms with Crippen molar-refractivity contribution in [3.63, 3.8) is 0 Å². The van der Waals surface area contributed by atoms with Crippen LogP contribution < -0.4 is 10.5 Å². The Labute approximate surface area is 122 Å². The molecule has 0 bridgehead atoms. The van der Waals surface area contributed by atoms with E-state index in [-0.39, 0.29) is 18.5 Å². The molecule has 1 aromatic carbocycles. The largest absolute Gasteiger partial charge is 0.488 e. The van der Waals surface area contributed by atoms with Crippen molar-refractivity contribution in [3.05, 3.63) is 46.0 Å². The number of hydrogen-bond acceptors (Lipinski definition) is 3. The van der Waals surface area contributed by atoms with Crippen LogP contribution in [0.4, 0.5) is 4.39 Å². The van der Waals surface area contributed by atoms with Crippen LogP contribution >= 0.6 is 11.6 Å². The highest BCUT2D eigenvalue weighted by molar-refractivity contribution is 6.30. The first-order chi connectivity index (χ1) is 9.40. The molecule has 0 aliphatic rings. The van der Waals surface area contributed by atoms with Crippen LogP contribution in [0.1, 0.15) is 29.8 Å². The van der Waals surface area contributed by atoms with E-state index < -0.39 is 0 Å². The molecule has 2 N–H and O–H groups in total. The predicted molar refractivity (Wildman–Crippen MR) is 76.3 cm³/mol. The first-order valence-corrected chi connectivity index (χ1v) is 6.63. The lowest BCUT2D eigenvalue weighted by Crippen LogP contribution is -2.08. The maximum absolute atomic E-state index is 13.3. The Balaban J connectivity index is 2.24. The minimum atomic E-state index is -0.363. The first kappa shape index (κ1) is 14.8. The molecule has 0 saturated heterocycles. The zero-order chi connectivity index (χ0) is 14.9. The molecule has 108 valence electrons. The van der Waals surface area contributed by atoms with Crippen molar-refractivity contribution in [2.75, 3.05) is 0 Å². The van der Waals surface area contributed by atoms with E-state index in [1.54, 1.807) is 17.8 Å². The number of aromatic nitrogens is 2. The van der Waals surface area contributed by atoms with Crippen LogP contribution in [0.3, 0.4) is 0 Å². The molecule has 2 rings (SSSR count). The third-order valence-corrected chi connectivity index (χ3v) is 3.58. The van der Waals surface area contributed by atoms with Crippen molar-refractivity contribution in [2.45, 2.75) is 26.5 Å². The lowest BCUT2D eigenvalue weighted by molar-refractivity contribution is 0.299. The summed E-state index contributed by atoms with van der Waals surface area (Å²) >= 11 is 6.14. The van der Waals surface area contributed by atoms with Crippen LogP contribution in [0, 0.1) is 12.7 Å². The Morgan fingerprint density at radius 2 is 2.20 bits per heavy atom. The van der Waals surface area contributed by atoms with E-state index in [1.807, 2.05) is 13.8 Å². The minimum absolute atomic E-state index is 0.224. The predicted octanol–water partition coefficient (Wildman–Crippen LogP) is 3.12. The van der Waals surface area contributed by atoms with Crippen LogP contribution in [0.2, 0.25) is 5.15 Å². The quantitative estimate of drug-likeness (QED) is 0.943. The van der Waals surface area contributed by atoms with E-state index in [4.69, 9.17) is 22.1 Å². The fraction of sp³-hybridized carbons (Fsp3) is 0.357. The standard InChI is InChI=1S/C14H17ClFN3O/c1-8(17)11-5-4-10(16)6-13(11)20-7-12-9(2)18-19(3)14(12)15/h4-6,8H,7,17H2,1-3H3/t8-/m1/s1. The Hall–Kier alpha value is -1.59. The van der Waals surface area contributed by atoms with Gasteiger partial charge >= 0.3 is 0 Å². The van der Waals surface area contributed by atoms with Gasteiger partial charge in [0.25, 0.3) is 0 Å². The Kier molecular flexibility index (Phi) is 4.30. The summed E-state index contributed by atoms with van der Waals surface area (Å²) in [5, 5.41) is 4.72. The zero-order valence-electron chi connectivity index (χ0n) is 11.7. The van der Waals surface area contributed by atoms with Gasteiger partial charge in [0.05, 0.1) is 5.69 Å². The number of ether oxygens (including phenoxy) is 1. The maximum Gasteiger partial charge on any atom is 0.133 e. The van der Waals surface area contributed by atoms with Gasteiger partial charge in [-0.3, -0.25) is 4.68 Å². The Morgan fingerprint density at radius 3 is 2.75 bits per heavy atom. The van der Waals surface area contributed by atoms with Gasteiger partial charge in [-0.1, -0.05) is 17.7 Å². The molecular formula is C14H17ClFN3O. The van der Waals surface area contributed by atoms with Crippen molar-refractivity contribution in [2.24, 2.45) is 12.8 Å². The fourth-order valence-corrected chi connectivity index (χ4v) is 2.23. The van der Waals surface area contributed by atoms with E-state index >= 15 is 0 Å². The van der Waals surface area contributed by atoms with Gasteiger partial charge in [-0.15, -0.1) is 0 Å². The molecule has 1 aromatic heterocycles. The highest BCUT2D eigenvalue weighted by Crippen LogP contribution is 2.27. The molecule has 0 saturated carbocycles. The summed E-state index contributed by atoms with van der Waals surface area (Å²) < 4.78 is 20.6. The number of nitrogens with zero attached hydrogens (tertiary/aromatic N) is 2. The van der Waals surface area contributed by atoms with Crippen LogP contribution in [0.25, 0.3) is 0 Å². The van der Waals surface area contributed by atoms with Crippen LogP contribution in [0.15, 0.2) is 18.2 Å². The second-order valence-electron chi connectivity index (χ2n) is 4.74. The topological polar surface area (TPSA) is 53.1 Å². The molecule has 0 amide bonds. The highest BCUT2D eigenvalue weighted by Gasteiger charge is 2.14. The molecule has 6 heteroatoms. The van der Waals surface area contributed by atoms with Crippen LogP contribution in [-0.4, -0.2) is 9.78 Å². The third-order valence-electron chi connectivity index (χ3n) is 3.11. The minimum Gasteiger partial charge on any atom is -0.488 e. The van der Waals surface area contributed by atoms with E-state index in [0.717, 1.165) is 16.8 Å². The second kappa shape index (κ2) is 5.81. The van der Waals surface area contributed by atoms with Crippen LogP contribution in [-0.2, 0) is 13.7 Å². The van der Waals surface area contributed by atoms with Crippen molar-refractivity contribution >= 4 is 11.6 Å².